The van der Waals surface area contributed by atoms with Gasteiger partial charge in [-0.05, 0) is 6.42 Å². The molecule has 0 saturated heterocycles. The molecule has 2 radical (unpaired) electrons. The molecule has 2 heteroatoms. The Labute approximate surface area is 68.0 Å². The van der Waals surface area contributed by atoms with Gasteiger partial charge in [0.1, 0.15) is 0 Å². The van der Waals surface area contributed by atoms with Crippen molar-refractivity contribution in [3.63, 3.8) is 0 Å². The maximum atomic E-state index is 10.2. The van der Waals surface area contributed by atoms with E-state index in [1.54, 1.807) is 6.29 Å². The fourth-order valence-corrected chi connectivity index (χ4v) is 0.944. The molecule has 11 heavy (non-hydrogen) atoms. The average molecular weight is 154 g/mol. The minimum atomic E-state index is -0.209. The molecule has 0 heterocycles. The van der Waals surface area contributed by atoms with E-state index in [2.05, 4.69) is 6.92 Å². The van der Waals surface area contributed by atoms with E-state index in [-0.39, 0.29) is 12.3 Å². The van der Waals surface area contributed by atoms with E-state index in [1.807, 2.05) is 6.29 Å². The van der Waals surface area contributed by atoms with Gasteiger partial charge >= 0.3 is 0 Å². The molecule has 0 fully saturated rings. The van der Waals surface area contributed by atoms with Crippen LogP contribution in [-0.4, -0.2) is 12.6 Å². The molecule has 0 aliphatic carbocycles. The zero-order valence-electron chi connectivity index (χ0n) is 6.93. The lowest BCUT2D eigenvalue weighted by molar-refractivity contribution is 0.485. The van der Waals surface area contributed by atoms with E-state index in [1.165, 1.54) is 0 Å². The molecule has 0 aromatic carbocycles. The molecule has 0 N–H and O–H groups in total. The molecular weight excluding hydrogens is 140 g/mol. The fourth-order valence-electron chi connectivity index (χ4n) is 0.944. The zero-order valence-corrected chi connectivity index (χ0v) is 6.93. The number of hydrogen-bond acceptors (Lipinski definition) is 2. The predicted octanol–water partition coefficient (Wildman–Crippen LogP) is 1.79. The average Bonchev–Trinajstić information content (AvgIpc) is 2.03. The highest BCUT2D eigenvalue weighted by Gasteiger charge is 2.06. The SMILES string of the molecule is CCCCC[C@H]([C]=O)C[C]=O. The summed E-state index contributed by atoms with van der Waals surface area (Å²) in [5, 5.41) is 0. The molecule has 1 atom stereocenters. The van der Waals surface area contributed by atoms with E-state index < -0.39 is 0 Å². The van der Waals surface area contributed by atoms with E-state index in [0.29, 0.717) is 0 Å². The number of unbranched alkanes of at least 4 members (excludes halogenated alkanes) is 2. The van der Waals surface area contributed by atoms with Crippen LogP contribution in [0.1, 0.15) is 39.0 Å². The maximum Gasteiger partial charge on any atom is 0.202 e. The monoisotopic (exact) mass is 154 g/mol. The smallest absolute Gasteiger partial charge is 0.202 e. The first kappa shape index (κ1) is 10.3. The lowest BCUT2D eigenvalue weighted by atomic mass is 10.0. The van der Waals surface area contributed by atoms with Crippen LogP contribution in [0.15, 0.2) is 0 Å². The highest BCUT2D eigenvalue weighted by molar-refractivity contribution is 5.62. The van der Waals surface area contributed by atoms with Crippen LogP contribution < -0.4 is 0 Å². The minimum Gasteiger partial charge on any atom is -0.291 e. The van der Waals surface area contributed by atoms with Gasteiger partial charge in [-0.1, -0.05) is 26.2 Å². The normalized spacial score (nSPS) is 12.5. The van der Waals surface area contributed by atoms with Crippen LogP contribution in [0, 0.1) is 5.92 Å². The molecule has 0 amide bonds. The van der Waals surface area contributed by atoms with E-state index >= 15 is 0 Å². The van der Waals surface area contributed by atoms with Gasteiger partial charge in [0.05, 0.1) is 0 Å². The standard InChI is InChI=1S/C9H14O2/c1-2-3-4-5-9(8-11)6-7-10/h9H,2-6H2,1H3/t9-/m0/s1. The van der Waals surface area contributed by atoms with Crippen LogP contribution in [0.4, 0.5) is 0 Å². The van der Waals surface area contributed by atoms with Gasteiger partial charge in [0.15, 0.2) is 6.29 Å². The van der Waals surface area contributed by atoms with Gasteiger partial charge in [0.2, 0.25) is 6.29 Å². The summed E-state index contributed by atoms with van der Waals surface area (Å²) in [5.41, 5.74) is 0. The third-order valence-electron chi connectivity index (χ3n) is 1.65. The molecular formula is C9H14O2. The Balaban J connectivity index is 3.35. The van der Waals surface area contributed by atoms with Crippen molar-refractivity contribution in [1.82, 2.24) is 0 Å². The maximum absolute atomic E-state index is 10.2. The summed E-state index contributed by atoms with van der Waals surface area (Å²) in [6.07, 6.45) is 7.85. The van der Waals surface area contributed by atoms with Crippen molar-refractivity contribution in [1.29, 1.82) is 0 Å². The van der Waals surface area contributed by atoms with Crippen molar-refractivity contribution in [2.45, 2.75) is 39.0 Å². The molecule has 0 aliphatic heterocycles. The van der Waals surface area contributed by atoms with E-state index in [4.69, 9.17) is 0 Å². The second-order valence-corrected chi connectivity index (χ2v) is 2.66. The first-order valence-electron chi connectivity index (χ1n) is 4.07. The van der Waals surface area contributed by atoms with E-state index in [0.717, 1.165) is 25.7 Å². The van der Waals surface area contributed by atoms with Crippen molar-refractivity contribution in [2.75, 3.05) is 0 Å². The van der Waals surface area contributed by atoms with Crippen LogP contribution in [0.5, 0.6) is 0 Å². The topological polar surface area (TPSA) is 34.1 Å². The Kier molecular flexibility index (Phi) is 7.00. The lowest BCUT2D eigenvalue weighted by Crippen LogP contribution is -2.02. The summed E-state index contributed by atoms with van der Waals surface area (Å²) in [5.74, 6) is -0.209. The van der Waals surface area contributed by atoms with Crippen LogP contribution in [0.25, 0.3) is 0 Å². The molecule has 0 aliphatic rings. The number of carbonyl (C=O) groups excluding carboxylic acids is 2. The van der Waals surface area contributed by atoms with Crippen LogP contribution in [-0.2, 0) is 9.59 Å². The summed E-state index contributed by atoms with van der Waals surface area (Å²) in [6, 6.07) is 0. The highest BCUT2D eigenvalue weighted by atomic mass is 16.1. The summed E-state index contributed by atoms with van der Waals surface area (Å²) < 4.78 is 0. The molecule has 62 valence electrons. The lowest BCUT2D eigenvalue weighted by Gasteiger charge is -2.02. The molecule has 0 unspecified atom stereocenters. The van der Waals surface area contributed by atoms with Gasteiger partial charge in [0, 0.05) is 12.3 Å². The largest absolute Gasteiger partial charge is 0.291 e. The quantitative estimate of drug-likeness (QED) is 0.524. The van der Waals surface area contributed by atoms with Crippen molar-refractivity contribution < 1.29 is 9.59 Å². The molecule has 0 saturated carbocycles. The van der Waals surface area contributed by atoms with Gasteiger partial charge in [0.25, 0.3) is 0 Å². The Bertz CT molecular complexity index is 110. The summed E-state index contributed by atoms with van der Waals surface area (Å²) >= 11 is 0. The van der Waals surface area contributed by atoms with Crippen molar-refractivity contribution >= 4 is 12.6 Å². The fraction of sp³-hybridized carbons (Fsp3) is 0.778. The van der Waals surface area contributed by atoms with Crippen LogP contribution in [0.2, 0.25) is 0 Å². The third kappa shape index (κ3) is 5.77. The molecule has 2 nitrogen and oxygen atoms in total. The van der Waals surface area contributed by atoms with E-state index in [9.17, 15) is 9.59 Å². The number of rotatable bonds is 7. The first-order valence-corrected chi connectivity index (χ1v) is 4.07. The zero-order chi connectivity index (χ0) is 8.53. The van der Waals surface area contributed by atoms with Gasteiger partial charge in [-0.3, -0.25) is 9.59 Å². The van der Waals surface area contributed by atoms with Crippen LogP contribution in [0.3, 0.4) is 0 Å². The van der Waals surface area contributed by atoms with Gasteiger partial charge < -0.3 is 0 Å². The first-order chi connectivity index (χ1) is 5.35. The van der Waals surface area contributed by atoms with Crippen molar-refractivity contribution in [3.05, 3.63) is 0 Å². The van der Waals surface area contributed by atoms with Crippen molar-refractivity contribution in [2.24, 2.45) is 5.92 Å². The summed E-state index contributed by atoms with van der Waals surface area (Å²) in [7, 11) is 0. The van der Waals surface area contributed by atoms with Gasteiger partial charge in [-0.2, -0.15) is 0 Å². The molecule has 0 aromatic heterocycles. The Morgan fingerprint density at radius 3 is 2.45 bits per heavy atom. The third-order valence-corrected chi connectivity index (χ3v) is 1.65. The van der Waals surface area contributed by atoms with Crippen molar-refractivity contribution in [3.8, 4) is 0 Å². The van der Waals surface area contributed by atoms with Crippen LogP contribution >= 0.6 is 0 Å². The second kappa shape index (κ2) is 7.45. The molecule has 0 aromatic rings. The number of hydrogen-bond donors (Lipinski definition) is 0. The molecule has 0 rings (SSSR count). The predicted molar refractivity (Wildman–Crippen MR) is 43.6 cm³/mol. The Morgan fingerprint density at radius 2 is 2.00 bits per heavy atom. The summed E-state index contributed by atoms with van der Waals surface area (Å²) in [4.78, 5) is 20.1. The van der Waals surface area contributed by atoms with Gasteiger partial charge in [-0.15, -0.1) is 0 Å². The molecule has 0 spiro atoms. The Hall–Kier alpha value is -0.660. The molecule has 0 bridgehead atoms. The Morgan fingerprint density at radius 1 is 1.27 bits per heavy atom. The minimum absolute atomic E-state index is 0.209. The summed E-state index contributed by atoms with van der Waals surface area (Å²) in [6.45, 7) is 2.10. The second-order valence-electron chi connectivity index (χ2n) is 2.66. The highest BCUT2D eigenvalue weighted by Crippen LogP contribution is 2.09. The van der Waals surface area contributed by atoms with Gasteiger partial charge in [-0.25, -0.2) is 0 Å².